The first kappa shape index (κ1) is 19.2. The Bertz CT molecular complexity index is 908. The predicted octanol–water partition coefficient (Wildman–Crippen LogP) is 2.78. The van der Waals surface area contributed by atoms with Crippen molar-refractivity contribution in [2.45, 2.75) is 0 Å². The summed E-state index contributed by atoms with van der Waals surface area (Å²) in [6.45, 7) is 0.0513. The lowest BCUT2D eigenvalue weighted by molar-refractivity contribution is -0.136. The number of aliphatic hydroxyl groups is 1. The molecule has 8 nitrogen and oxygen atoms in total. The molecule has 0 radical (unpaired) electrons. The normalized spacial score (nSPS) is 14.1. The molecule has 0 fully saturated rings. The van der Waals surface area contributed by atoms with Crippen molar-refractivity contribution in [3.63, 3.8) is 0 Å². The molecular weight excluding hydrogens is 360 g/mol. The molecule has 1 amide bonds. The van der Waals surface area contributed by atoms with Crippen LogP contribution >= 0.6 is 0 Å². The van der Waals surface area contributed by atoms with Crippen molar-refractivity contribution >= 4 is 28.9 Å². The number of anilines is 1. The zero-order chi connectivity index (χ0) is 19.9. The number of rotatable bonds is 7. The average molecular weight is 380 g/mol. The Labute approximate surface area is 162 Å². The fraction of sp³-hybridized carbons (Fsp3) is 0.200. The highest BCUT2D eigenvalue weighted by atomic mass is 16.5. The monoisotopic (exact) mass is 380 g/mol. The molecule has 0 atom stereocenters. The summed E-state index contributed by atoms with van der Waals surface area (Å²) in [5.41, 5.74) is 2.40. The molecule has 0 aliphatic carbocycles. The number of hydrogen-bond donors (Lipinski definition) is 2. The fourth-order valence-corrected chi connectivity index (χ4v) is 2.71. The van der Waals surface area contributed by atoms with Gasteiger partial charge in [0.2, 0.25) is 0 Å². The standard InChI is InChI=1S/C20H20N4O4/c1-28-20(27)17-13-24(11-12-25)19(26)18(17)21-14-7-9-16(10-8-14)23-22-15-5-3-2-4-6-15/h2-10,21,25H,11-13H2,1H3. The van der Waals surface area contributed by atoms with Crippen molar-refractivity contribution in [3.05, 3.63) is 65.9 Å². The molecule has 0 bridgehead atoms. The first-order valence-corrected chi connectivity index (χ1v) is 8.68. The maximum Gasteiger partial charge on any atom is 0.337 e. The number of nitrogens with one attached hydrogen (secondary N) is 1. The predicted molar refractivity (Wildman–Crippen MR) is 103 cm³/mol. The van der Waals surface area contributed by atoms with Gasteiger partial charge in [0.25, 0.3) is 5.91 Å². The van der Waals surface area contributed by atoms with Crippen molar-refractivity contribution in [2.24, 2.45) is 10.2 Å². The second kappa shape index (κ2) is 8.92. The van der Waals surface area contributed by atoms with Crippen LogP contribution in [0.15, 0.2) is 76.1 Å². The first-order valence-electron chi connectivity index (χ1n) is 8.68. The molecule has 0 spiro atoms. The molecule has 28 heavy (non-hydrogen) atoms. The SMILES string of the molecule is COC(=O)C1=C(Nc2ccc(N=Nc3ccccc3)cc2)C(=O)N(CCO)C1. The number of azo groups is 1. The molecule has 0 saturated carbocycles. The number of ether oxygens (including phenoxy) is 1. The van der Waals surface area contributed by atoms with E-state index in [0.717, 1.165) is 5.69 Å². The largest absolute Gasteiger partial charge is 0.466 e. The quantitative estimate of drug-likeness (QED) is 0.568. The van der Waals surface area contributed by atoms with Gasteiger partial charge in [-0.05, 0) is 36.4 Å². The summed E-state index contributed by atoms with van der Waals surface area (Å²) < 4.78 is 4.76. The van der Waals surface area contributed by atoms with Crippen LogP contribution in [0.4, 0.5) is 17.1 Å². The summed E-state index contributed by atoms with van der Waals surface area (Å²) in [5.74, 6) is -0.938. The molecule has 2 aromatic rings. The maximum atomic E-state index is 12.5. The zero-order valence-corrected chi connectivity index (χ0v) is 15.3. The third-order valence-electron chi connectivity index (χ3n) is 4.13. The van der Waals surface area contributed by atoms with Gasteiger partial charge in [-0.1, -0.05) is 18.2 Å². The lowest BCUT2D eigenvalue weighted by Gasteiger charge is -2.15. The molecule has 0 aromatic heterocycles. The second-order valence-electron chi connectivity index (χ2n) is 6.00. The summed E-state index contributed by atoms with van der Waals surface area (Å²) in [6.07, 6.45) is 0. The number of nitrogens with zero attached hydrogens (tertiary/aromatic N) is 3. The van der Waals surface area contributed by atoms with E-state index in [9.17, 15) is 9.59 Å². The van der Waals surface area contributed by atoms with Crippen LogP contribution < -0.4 is 5.32 Å². The maximum absolute atomic E-state index is 12.5. The smallest absolute Gasteiger partial charge is 0.337 e. The van der Waals surface area contributed by atoms with Gasteiger partial charge in [-0.25, -0.2) is 4.79 Å². The van der Waals surface area contributed by atoms with Gasteiger partial charge in [-0.3, -0.25) is 4.79 Å². The number of carbonyl (C=O) groups excluding carboxylic acids is 2. The van der Waals surface area contributed by atoms with E-state index in [1.54, 1.807) is 24.3 Å². The van der Waals surface area contributed by atoms with Gasteiger partial charge < -0.3 is 20.1 Å². The van der Waals surface area contributed by atoms with Crippen LogP contribution in [0, 0.1) is 0 Å². The first-order chi connectivity index (χ1) is 13.6. The van der Waals surface area contributed by atoms with Crippen LogP contribution in [-0.2, 0) is 14.3 Å². The molecule has 0 saturated heterocycles. The van der Waals surface area contributed by atoms with Gasteiger partial charge in [0.15, 0.2) is 0 Å². The third kappa shape index (κ3) is 4.41. The minimum atomic E-state index is -0.579. The molecule has 1 aliphatic heterocycles. The van der Waals surface area contributed by atoms with Gasteiger partial charge in [-0.2, -0.15) is 10.2 Å². The molecule has 2 N–H and O–H groups in total. The Morgan fingerprint density at radius 1 is 1.11 bits per heavy atom. The Morgan fingerprint density at radius 3 is 2.36 bits per heavy atom. The van der Waals surface area contributed by atoms with Gasteiger partial charge in [0.1, 0.15) is 5.70 Å². The fourth-order valence-electron chi connectivity index (χ4n) is 2.71. The van der Waals surface area contributed by atoms with E-state index in [4.69, 9.17) is 9.84 Å². The van der Waals surface area contributed by atoms with E-state index in [0.29, 0.717) is 11.4 Å². The van der Waals surface area contributed by atoms with E-state index in [2.05, 4.69) is 15.5 Å². The summed E-state index contributed by atoms with van der Waals surface area (Å²) in [6, 6.07) is 16.3. The molecule has 8 heteroatoms. The van der Waals surface area contributed by atoms with Crippen molar-refractivity contribution in [1.29, 1.82) is 0 Å². The number of aliphatic hydroxyl groups excluding tert-OH is 1. The van der Waals surface area contributed by atoms with Gasteiger partial charge in [0, 0.05) is 12.2 Å². The number of esters is 1. The lowest BCUT2D eigenvalue weighted by Crippen LogP contribution is -2.31. The average Bonchev–Trinajstić information content (AvgIpc) is 3.03. The number of hydrogen-bond acceptors (Lipinski definition) is 7. The highest BCUT2D eigenvalue weighted by Gasteiger charge is 2.34. The molecule has 3 rings (SSSR count). The molecule has 1 heterocycles. The van der Waals surface area contributed by atoms with Crippen LogP contribution in [0.25, 0.3) is 0 Å². The molecule has 0 unspecified atom stereocenters. The van der Waals surface area contributed by atoms with Crippen molar-refractivity contribution in [3.8, 4) is 0 Å². The number of benzene rings is 2. The highest BCUT2D eigenvalue weighted by molar-refractivity contribution is 6.08. The molecule has 2 aromatic carbocycles. The van der Waals surface area contributed by atoms with Crippen LogP contribution in [-0.4, -0.2) is 48.7 Å². The third-order valence-corrected chi connectivity index (χ3v) is 4.13. The summed E-state index contributed by atoms with van der Waals surface area (Å²) in [5, 5.41) is 20.4. The van der Waals surface area contributed by atoms with E-state index < -0.39 is 5.97 Å². The zero-order valence-electron chi connectivity index (χ0n) is 15.3. The Balaban J connectivity index is 1.75. The van der Waals surface area contributed by atoms with Gasteiger partial charge in [0.05, 0.1) is 37.2 Å². The Hall–Kier alpha value is -3.52. The number of amides is 1. The van der Waals surface area contributed by atoms with Gasteiger partial charge in [-0.15, -0.1) is 0 Å². The van der Waals surface area contributed by atoms with Crippen molar-refractivity contribution in [2.75, 3.05) is 32.1 Å². The number of methoxy groups -OCH3 is 1. The van der Waals surface area contributed by atoms with Crippen LogP contribution in [0.1, 0.15) is 0 Å². The minimum Gasteiger partial charge on any atom is -0.466 e. The van der Waals surface area contributed by atoms with E-state index in [-0.39, 0.29) is 36.9 Å². The summed E-state index contributed by atoms with van der Waals surface area (Å²) in [4.78, 5) is 25.9. The molecule has 1 aliphatic rings. The highest BCUT2D eigenvalue weighted by Crippen LogP contribution is 2.25. The number of carbonyl (C=O) groups is 2. The van der Waals surface area contributed by atoms with Crippen LogP contribution in [0.5, 0.6) is 0 Å². The Kier molecular flexibility index (Phi) is 6.13. The second-order valence-corrected chi connectivity index (χ2v) is 6.00. The van der Waals surface area contributed by atoms with E-state index >= 15 is 0 Å². The molecular formula is C20H20N4O4. The molecule has 144 valence electrons. The van der Waals surface area contributed by atoms with Gasteiger partial charge >= 0.3 is 5.97 Å². The number of β-amino-alcohol motifs (C(OH)–C–C–N with tert-alkyl or cyclic N) is 1. The van der Waals surface area contributed by atoms with E-state index in [1.807, 2.05) is 30.3 Å². The van der Waals surface area contributed by atoms with Crippen molar-refractivity contribution in [1.82, 2.24) is 4.90 Å². The summed E-state index contributed by atoms with van der Waals surface area (Å²) >= 11 is 0. The lowest BCUT2D eigenvalue weighted by atomic mass is 10.2. The topological polar surface area (TPSA) is 104 Å². The van der Waals surface area contributed by atoms with Crippen LogP contribution in [0.3, 0.4) is 0 Å². The van der Waals surface area contributed by atoms with E-state index in [1.165, 1.54) is 12.0 Å². The summed E-state index contributed by atoms with van der Waals surface area (Å²) in [7, 11) is 1.26. The van der Waals surface area contributed by atoms with Crippen molar-refractivity contribution < 1.29 is 19.4 Å². The Morgan fingerprint density at radius 2 is 1.75 bits per heavy atom. The van der Waals surface area contributed by atoms with Crippen LogP contribution in [0.2, 0.25) is 0 Å². The minimum absolute atomic E-state index is 0.0950.